The number of rotatable bonds is 9. The van der Waals surface area contributed by atoms with Crippen LogP contribution in [0.3, 0.4) is 0 Å². The quantitative estimate of drug-likeness (QED) is 0.384. The Bertz CT molecular complexity index is 1130. The highest BCUT2D eigenvalue weighted by Gasteiger charge is 2.35. The molecule has 1 heterocycles. The Balaban J connectivity index is 1.68. The summed E-state index contributed by atoms with van der Waals surface area (Å²) in [6, 6.07) is 22.0. The van der Waals surface area contributed by atoms with E-state index < -0.39 is 0 Å². The van der Waals surface area contributed by atoms with Crippen LogP contribution >= 0.6 is 0 Å². The van der Waals surface area contributed by atoms with Crippen LogP contribution in [0, 0.1) is 0 Å². The number of benzene rings is 3. The van der Waals surface area contributed by atoms with Crippen LogP contribution in [0.5, 0.6) is 17.2 Å². The largest absolute Gasteiger partial charge is 0.493 e. The molecular weight excluding hydrogens is 438 g/mol. The number of hydrogen-bond donors (Lipinski definition) is 0. The highest BCUT2D eigenvalue weighted by atomic mass is 16.5. The second-order valence-corrected chi connectivity index (χ2v) is 8.88. The molecular formula is C30H35NO4. The number of methoxy groups -OCH3 is 2. The van der Waals surface area contributed by atoms with Crippen LogP contribution in [0.1, 0.15) is 54.5 Å². The smallest absolute Gasteiger partial charge is 0.230 e. The van der Waals surface area contributed by atoms with Gasteiger partial charge in [-0.2, -0.15) is 0 Å². The Morgan fingerprint density at radius 1 is 0.971 bits per heavy atom. The highest BCUT2D eigenvalue weighted by Crippen LogP contribution is 2.40. The molecule has 4 rings (SSSR count). The fourth-order valence-electron chi connectivity index (χ4n) is 4.91. The van der Waals surface area contributed by atoms with E-state index in [2.05, 4.69) is 26.0 Å². The van der Waals surface area contributed by atoms with Crippen molar-refractivity contribution in [1.82, 2.24) is 4.90 Å². The predicted molar refractivity (Wildman–Crippen MR) is 138 cm³/mol. The molecule has 35 heavy (non-hydrogen) atoms. The second kappa shape index (κ2) is 11.3. The van der Waals surface area contributed by atoms with Gasteiger partial charge in [-0.1, -0.05) is 56.3 Å². The van der Waals surface area contributed by atoms with E-state index in [0.29, 0.717) is 24.7 Å². The zero-order valence-corrected chi connectivity index (χ0v) is 21.1. The number of aryl methyl sites for hydroxylation is 1. The fourth-order valence-corrected chi connectivity index (χ4v) is 4.91. The predicted octanol–water partition coefficient (Wildman–Crippen LogP) is 5.96. The van der Waals surface area contributed by atoms with Crippen LogP contribution in [0.4, 0.5) is 0 Å². The van der Waals surface area contributed by atoms with Crippen molar-refractivity contribution in [2.24, 2.45) is 0 Å². The van der Waals surface area contributed by atoms with Crippen LogP contribution in [0.25, 0.3) is 0 Å². The maximum atomic E-state index is 13.9. The normalized spacial score (nSPS) is 15.8. The zero-order valence-electron chi connectivity index (χ0n) is 21.1. The third-order valence-corrected chi connectivity index (χ3v) is 6.93. The lowest BCUT2D eigenvalue weighted by Gasteiger charge is -2.39. The maximum absolute atomic E-state index is 13.9. The Hall–Kier alpha value is -3.47. The van der Waals surface area contributed by atoms with Gasteiger partial charge >= 0.3 is 0 Å². The van der Waals surface area contributed by atoms with Gasteiger partial charge in [0.05, 0.1) is 26.2 Å². The van der Waals surface area contributed by atoms with Gasteiger partial charge in [0.15, 0.2) is 11.5 Å². The van der Waals surface area contributed by atoms with Crippen molar-refractivity contribution in [2.45, 2.75) is 45.1 Å². The number of amides is 1. The van der Waals surface area contributed by atoms with Gasteiger partial charge in [-0.15, -0.1) is 0 Å². The van der Waals surface area contributed by atoms with Crippen LogP contribution in [0.2, 0.25) is 0 Å². The minimum Gasteiger partial charge on any atom is -0.493 e. The van der Waals surface area contributed by atoms with Gasteiger partial charge in [-0.3, -0.25) is 4.79 Å². The molecule has 1 amide bonds. The Morgan fingerprint density at radius 3 is 2.29 bits per heavy atom. The average Bonchev–Trinajstić information content (AvgIpc) is 2.92. The van der Waals surface area contributed by atoms with E-state index in [1.165, 1.54) is 5.56 Å². The van der Waals surface area contributed by atoms with Crippen molar-refractivity contribution in [3.05, 3.63) is 89.0 Å². The number of ether oxygens (including phenoxy) is 3. The summed E-state index contributed by atoms with van der Waals surface area (Å²) in [5.41, 5.74) is 4.53. The first-order chi connectivity index (χ1) is 17.1. The summed E-state index contributed by atoms with van der Waals surface area (Å²) in [4.78, 5) is 15.9. The molecule has 1 aliphatic heterocycles. The third kappa shape index (κ3) is 5.29. The van der Waals surface area contributed by atoms with Gasteiger partial charge in [-0.05, 0) is 65.8 Å². The van der Waals surface area contributed by atoms with E-state index in [1.807, 2.05) is 59.5 Å². The molecule has 0 radical (unpaired) electrons. The fraction of sp³-hybridized carbons (Fsp3) is 0.367. The Labute approximate surface area is 208 Å². The van der Waals surface area contributed by atoms with Crippen molar-refractivity contribution in [2.75, 3.05) is 27.4 Å². The molecule has 3 aromatic rings. The van der Waals surface area contributed by atoms with Crippen molar-refractivity contribution in [1.29, 1.82) is 0 Å². The van der Waals surface area contributed by atoms with Crippen LogP contribution in [0.15, 0.2) is 66.7 Å². The molecule has 0 unspecified atom stereocenters. The van der Waals surface area contributed by atoms with E-state index in [-0.39, 0.29) is 17.9 Å². The van der Waals surface area contributed by atoms with E-state index in [9.17, 15) is 4.79 Å². The van der Waals surface area contributed by atoms with E-state index >= 15 is 0 Å². The monoisotopic (exact) mass is 473 g/mol. The lowest BCUT2D eigenvalue weighted by molar-refractivity contribution is -0.136. The molecule has 1 aliphatic rings. The average molecular weight is 474 g/mol. The molecule has 3 aromatic carbocycles. The summed E-state index contributed by atoms with van der Waals surface area (Å²) in [6.45, 7) is 5.21. The topological polar surface area (TPSA) is 48.0 Å². The molecule has 0 spiro atoms. The summed E-state index contributed by atoms with van der Waals surface area (Å²) in [5, 5.41) is 0. The molecule has 184 valence electrons. The summed E-state index contributed by atoms with van der Waals surface area (Å²) >= 11 is 0. The zero-order chi connectivity index (χ0) is 24.8. The molecule has 0 aromatic heterocycles. The number of nitrogens with zero attached hydrogens (tertiary/aromatic N) is 1. The molecule has 0 fully saturated rings. The van der Waals surface area contributed by atoms with Crippen molar-refractivity contribution < 1.29 is 19.0 Å². The Kier molecular flexibility index (Phi) is 7.96. The lowest BCUT2D eigenvalue weighted by atomic mass is 9.89. The van der Waals surface area contributed by atoms with Crippen LogP contribution in [-0.2, 0) is 17.6 Å². The second-order valence-electron chi connectivity index (χ2n) is 8.88. The molecule has 5 nitrogen and oxygen atoms in total. The third-order valence-electron chi connectivity index (χ3n) is 6.93. The van der Waals surface area contributed by atoms with Crippen molar-refractivity contribution in [3.63, 3.8) is 0 Å². The summed E-state index contributed by atoms with van der Waals surface area (Å²) in [5.74, 6) is 2.11. The molecule has 0 aliphatic carbocycles. The van der Waals surface area contributed by atoms with Crippen molar-refractivity contribution in [3.8, 4) is 17.2 Å². The van der Waals surface area contributed by atoms with Crippen LogP contribution in [-0.4, -0.2) is 38.2 Å². The van der Waals surface area contributed by atoms with Gasteiger partial charge in [-0.25, -0.2) is 0 Å². The first-order valence-corrected chi connectivity index (χ1v) is 12.4. The van der Waals surface area contributed by atoms with Gasteiger partial charge in [0, 0.05) is 6.54 Å². The molecule has 2 atom stereocenters. The SMILES string of the molecule is CCc1ccc(OC[C@H]2c3cc(OC)c(OC)cc3CCN2C(=O)[C@@H](CC)c2ccccc2)cc1. The summed E-state index contributed by atoms with van der Waals surface area (Å²) < 4.78 is 17.4. The molecule has 0 saturated carbocycles. The number of fused-ring (bicyclic) bond motifs is 1. The van der Waals surface area contributed by atoms with Crippen molar-refractivity contribution >= 4 is 5.91 Å². The minimum atomic E-state index is -0.227. The van der Waals surface area contributed by atoms with E-state index in [4.69, 9.17) is 14.2 Å². The Morgan fingerprint density at radius 2 is 1.66 bits per heavy atom. The minimum absolute atomic E-state index is 0.133. The first kappa shape index (κ1) is 24.6. The lowest BCUT2D eigenvalue weighted by Crippen LogP contribution is -2.44. The number of carbonyl (C=O) groups is 1. The molecule has 0 bridgehead atoms. The molecule has 0 saturated heterocycles. The molecule has 0 N–H and O–H groups in total. The first-order valence-electron chi connectivity index (χ1n) is 12.4. The van der Waals surface area contributed by atoms with E-state index in [1.54, 1.807) is 14.2 Å². The number of hydrogen-bond acceptors (Lipinski definition) is 4. The van der Waals surface area contributed by atoms with Gasteiger partial charge in [0.25, 0.3) is 0 Å². The standard InChI is InChI=1S/C30H35NO4/c1-5-21-12-14-24(15-13-21)35-20-27-26-19-29(34-4)28(33-3)18-23(26)16-17-31(27)30(32)25(6-2)22-10-8-7-9-11-22/h7-15,18-19,25,27H,5-6,16-17,20H2,1-4H3/t25-,27-/m0/s1. The number of carbonyl (C=O) groups excluding carboxylic acids is 1. The summed E-state index contributed by atoms with van der Waals surface area (Å²) in [6.07, 6.45) is 2.48. The van der Waals surface area contributed by atoms with E-state index in [0.717, 1.165) is 41.7 Å². The van der Waals surface area contributed by atoms with Gasteiger partial charge < -0.3 is 19.1 Å². The molecule has 5 heteroatoms. The maximum Gasteiger partial charge on any atom is 0.230 e. The van der Waals surface area contributed by atoms with Crippen LogP contribution < -0.4 is 14.2 Å². The van der Waals surface area contributed by atoms with Gasteiger partial charge in [0.1, 0.15) is 12.4 Å². The summed E-state index contributed by atoms with van der Waals surface area (Å²) in [7, 11) is 3.29. The van der Waals surface area contributed by atoms with Gasteiger partial charge in [0.2, 0.25) is 5.91 Å². The highest BCUT2D eigenvalue weighted by molar-refractivity contribution is 5.84.